The van der Waals surface area contributed by atoms with E-state index >= 15 is 0 Å². The van der Waals surface area contributed by atoms with Crippen molar-refractivity contribution in [1.29, 1.82) is 0 Å². The Labute approximate surface area is 114 Å². The highest BCUT2D eigenvalue weighted by atomic mass is 16.5. The van der Waals surface area contributed by atoms with Crippen molar-refractivity contribution in [2.75, 3.05) is 27.2 Å². The van der Waals surface area contributed by atoms with Crippen LogP contribution in [0.25, 0.3) is 0 Å². The average molecular weight is 262 g/mol. The van der Waals surface area contributed by atoms with Gasteiger partial charge in [-0.1, -0.05) is 18.2 Å². The number of nitrogens with zero attached hydrogens (tertiary/aromatic N) is 1. The first kappa shape index (κ1) is 13.9. The molecule has 1 amide bonds. The molecule has 1 saturated carbocycles. The number of para-hydroxylation sites is 1. The smallest absolute Gasteiger partial charge is 0.236 e. The van der Waals surface area contributed by atoms with Gasteiger partial charge in [-0.25, -0.2) is 0 Å². The molecule has 19 heavy (non-hydrogen) atoms. The molecule has 4 nitrogen and oxygen atoms in total. The number of ether oxygens (including phenoxy) is 1. The molecular weight excluding hydrogens is 240 g/mol. The quantitative estimate of drug-likeness (QED) is 0.808. The maximum Gasteiger partial charge on any atom is 0.236 e. The molecular formula is C15H22N2O2. The van der Waals surface area contributed by atoms with Crippen molar-refractivity contribution in [2.24, 2.45) is 0 Å². The van der Waals surface area contributed by atoms with Gasteiger partial charge in [-0.3, -0.25) is 4.79 Å². The Morgan fingerprint density at radius 3 is 2.84 bits per heavy atom. The first-order valence-electron chi connectivity index (χ1n) is 6.80. The predicted molar refractivity (Wildman–Crippen MR) is 75.4 cm³/mol. The van der Waals surface area contributed by atoms with E-state index in [9.17, 15) is 4.79 Å². The van der Waals surface area contributed by atoms with Crippen LogP contribution in [0.4, 0.5) is 0 Å². The van der Waals surface area contributed by atoms with Gasteiger partial charge in [0.1, 0.15) is 5.75 Å². The predicted octanol–water partition coefficient (Wildman–Crippen LogP) is 1.45. The van der Waals surface area contributed by atoms with Crippen molar-refractivity contribution in [1.82, 2.24) is 10.2 Å². The largest absolute Gasteiger partial charge is 0.496 e. The van der Waals surface area contributed by atoms with Crippen LogP contribution in [-0.4, -0.2) is 44.1 Å². The molecule has 1 aliphatic rings. The molecule has 1 aliphatic carbocycles. The maximum absolute atomic E-state index is 11.9. The summed E-state index contributed by atoms with van der Waals surface area (Å²) < 4.78 is 5.31. The topological polar surface area (TPSA) is 41.6 Å². The minimum Gasteiger partial charge on any atom is -0.496 e. The van der Waals surface area contributed by atoms with Crippen LogP contribution in [0.2, 0.25) is 0 Å². The molecule has 0 aliphatic heterocycles. The number of methoxy groups -OCH3 is 1. The third kappa shape index (κ3) is 4.24. The second kappa shape index (κ2) is 6.57. The summed E-state index contributed by atoms with van der Waals surface area (Å²) in [5.74, 6) is 1.04. The van der Waals surface area contributed by atoms with Crippen molar-refractivity contribution >= 4 is 5.91 Å². The van der Waals surface area contributed by atoms with Crippen LogP contribution in [0.5, 0.6) is 5.75 Å². The minimum atomic E-state index is 0.154. The summed E-state index contributed by atoms with van der Waals surface area (Å²) >= 11 is 0. The Bertz CT molecular complexity index is 430. The minimum absolute atomic E-state index is 0.154. The van der Waals surface area contributed by atoms with Gasteiger partial charge in [0.15, 0.2) is 0 Å². The highest BCUT2D eigenvalue weighted by Gasteiger charge is 2.21. The van der Waals surface area contributed by atoms with E-state index in [-0.39, 0.29) is 5.91 Å². The van der Waals surface area contributed by atoms with Gasteiger partial charge in [-0.05, 0) is 30.9 Å². The van der Waals surface area contributed by atoms with Crippen LogP contribution < -0.4 is 10.1 Å². The van der Waals surface area contributed by atoms with E-state index < -0.39 is 0 Å². The van der Waals surface area contributed by atoms with Crippen molar-refractivity contribution in [2.45, 2.75) is 25.3 Å². The number of rotatable bonds is 7. The van der Waals surface area contributed by atoms with Gasteiger partial charge in [-0.15, -0.1) is 0 Å². The van der Waals surface area contributed by atoms with Gasteiger partial charge in [0, 0.05) is 19.6 Å². The van der Waals surface area contributed by atoms with E-state index in [1.165, 1.54) is 12.8 Å². The van der Waals surface area contributed by atoms with E-state index in [0.29, 0.717) is 19.1 Å². The molecule has 0 aromatic heterocycles. The molecule has 1 aromatic carbocycles. The SMILES string of the molecule is COc1ccccc1CCN(C)C(=O)CNC1CC1. The normalized spacial score (nSPS) is 14.2. The molecule has 0 atom stereocenters. The number of carbonyl (C=O) groups excluding carboxylic acids is 1. The van der Waals surface area contributed by atoms with E-state index in [0.717, 1.165) is 17.7 Å². The number of amides is 1. The molecule has 0 spiro atoms. The second-order valence-corrected chi connectivity index (χ2v) is 5.03. The Morgan fingerprint density at radius 2 is 2.16 bits per heavy atom. The second-order valence-electron chi connectivity index (χ2n) is 5.03. The van der Waals surface area contributed by atoms with E-state index in [1.807, 2.05) is 31.3 Å². The average Bonchev–Trinajstić information content (AvgIpc) is 3.26. The Morgan fingerprint density at radius 1 is 1.42 bits per heavy atom. The van der Waals surface area contributed by atoms with E-state index in [1.54, 1.807) is 12.0 Å². The highest BCUT2D eigenvalue weighted by Crippen LogP contribution is 2.19. The third-order valence-corrected chi connectivity index (χ3v) is 3.45. The molecule has 1 aromatic rings. The van der Waals surface area contributed by atoms with Gasteiger partial charge in [0.05, 0.1) is 13.7 Å². The molecule has 0 heterocycles. The van der Waals surface area contributed by atoms with Gasteiger partial charge in [0.2, 0.25) is 5.91 Å². The lowest BCUT2D eigenvalue weighted by Gasteiger charge is -2.18. The maximum atomic E-state index is 11.9. The van der Waals surface area contributed by atoms with Crippen molar-refractivity contribution in [3.63, 3.8) is 0 Å². The fourth-order valence-electron chi connectivity index (χ4n) is 1.98. The Balaban J connectivity index is 1.78. The lowest BCUT2D eigenvalue weighted by atomic mass is 10.1. The van der Waals surface area contributed by atoms with Crippen LogP contribution in [-0.2, 0) is 11.2 Å². The molecule has 4 heteroatoms. The molecule has 0 unspecified atom stereocenters. The van der Waals surface area contributed by atoms with Gasteiger partial charge in [0.25, 0.3) is 0 Å². The summed E-state index contributed by atoms with van der Waals surface area (Å²) in [5.41, 5.74) is 1.14. The summed E-state index contributed by atoms with van der Waals surface area (Å²) in [5, 5.41) is 3.24. The summed E-state index contributed by atoms with van der Waals surface area (Å²) in [7, 11) is 3.53. The Kier molecular flexibility index (Phi) is 4.80. The zero-order valence-electron chi connectivity index (χ0n) is 11.7. The fourth-order valence-corrected chi connectivity index (χ4v) is 1.98. The van der Waals surface area contributed by atoms with Crippen LogP contribution in [0, 0.1) is 0 Å². The van der Waals surface area contributed by atoms with Gasteiger partial charge < -0.3 is 15.0 Å². The number of benzene rings is 1. The lowest BCUT2D eigenvalue weighted by Crippen LogP contribution is -2.37. The zero-order valence-corrected chi connectivity index (χ0v) is 11.7. The number of likely N-dealkylation sites (N-methyl/N-ethyl adjacent to an activating group) is 1. The molecule has 1 N–H and O–H groups in total. The summed E-state index contributed by atoms with van der Waals surface area (Å²) in [6.07, 6.45) is 3.23. The molecule has 1 fully saturated rings. The monoisotopic (exact) mass is 262 g/mol. The summed E-state index contributed by atoms with van der Waals surface area (Å²) in [6.45, 7) is 1.17. The van der Waals surface area contributed by atoms with E-state index in [4.69, 9.17) is 4.74 Å². The molecule has 2 rings (SSSR count). The van der Waals surface area contributed by atoms with Crippen LogP contribution in [0.15, 0.2) is 24.3 Å². The summed E-state index contributed by atoms with van der Waals surface area (Å²) in [4.78, 5) is 13.7. The van der Waals surface area contributed by atoms with Crippen LogP contribution in [0.1, 0.15) is 18.4 Å². The number of hydrogen-bond acceptors (Lipinski definition) is 3. The number of nitrogens with one attached hydrogen (secondary N) is 1. The summed E-state index contributed by atoms with van der Waals surface area (Å²) in [6, 6.07) is 8.52. The zero-order chi connectivity index (χ0) is 13.7. The number of carbonyl (C=O) groups is 1. The van der Waals surface area contributed by atoms with E-state index in [2.05, 4.69) is 5.32 Å². The highest BCUT2D eigenvalue weighted by molar-refractivity contribution is 5.78. The van der Waals surface area contributed by atoms with Gasteiger partial charge in [-0.2, -0.15) is 0 Å². The molecule has 0 bridgehead atoms. The molecule has 0 radical (unpaired) electrons. The Hall–Kier alpha value is -1.55. The fraction of sp³-hybridized carbons (Fsp3) is 0.533. The van der Waals surface area contributed by atoms with Crippen molar-refractivity contribution in [3.05, 3.63) is 29.8 Å². The first-order valence-corrected chi connectivity index (χ1v) is 6.80. The lowest BCUT2D eigenvalue weighted by molar-refractivity contribution is -0.128. The molecule has 104 valence electrons. The van der Waals surface area contributed by atoms with Crippen LogP contribution >= 0.6 is 0 Å². The van der Waals surface area contributed by atoms with Crippen LogP contribution in [0.3, 0.4) is 0 Å². The van der Waals surface area contributed by atoms with Crippen molar-refractivity contribution < 1.29 is 9.53 Å². The molecule has 0 saturated heterocycles. The van der Waals surface area contributed by atoms with Crippen molar-refractivity contribution in [3.8, 4) is 5.75 Å². The first-order chi connectivity index (χ1) is 9.20. The van der Waals surface area contributed by atoms with Gasteiger partial charge >= 0.3 is 0 Å². The third-order valence-electron chi connectivity index (χ3n) is 3.45. The number of hydrogen-bond donors (Lipinski definition) is 1. The standard InChI is InChI=1S/C15H22N2O2/c1-17(15(18)11-16-13-7-8-13)10-9-12-5-3-4-6-14(12)19-2/h3-6,13,16H,7-11H2,1-2H3.